The van der Waals surface area contributed by atoms with Crippen LogP contribution in [0.4, 0.5) is 0 Å². The Morgan fingerprint density at radius 1 is 1.26 bits per heavy atom. The highest BCUT2D eigenvalue weighted by Gasteiger charge is 2.60. The Morgan fingerprint density at radius 3 is 2.43 bits per heavy atom. The smallest absolute Gasteiger partial charge is 0.224 e. The van der Waals surface area contributed by atoms with Crippen LogP contribution in [0.15, 0.2) is 11.6 Å². The Bertz CT molecular complexity index is 446. The molecule has 2 fully saturated rings. The number of allylic oxidation sites excluding steroid dienone is 2. The molecule has 132 valence electrons. The third-order valence-electron chi connectivity index (χ3n) is 5.50. The summed E-state index contributed by atoms with van der Waals surface area (Å²) >= 11 is 0. The minimum atomic E-state index is 0.113. The number of piperazine rings is 1. The number of carbonyl (C=O) groups excluding carboxylic acids is 1. The molecule has 1 saturated carbocycles. The first-order valence-corrected chi connectivity index (χ1v) is 9.05. The maximum atomic E-state index is 12.5. The second-order valence-corrected chi connectivity index (χ2v) is 8.52. The second-order valence-electron chi connectivity index (χ2n) is 8.52. The third kappa shape index (κ3) is 4.80. The number of hydrogen-bond donors (Lipinski definition) is 1. The molecule has 1 amide bonds. The van der Waals surface area contributed by atoms with Gasteiger partial charge in [-0.2, -0.15) is 0 Å². The zero-order chi connectivity index (χ0) is 17.2. The van der Waals surface area contributed by atoms with Gasteiger partial charge in [-0.15, -0.1) is 0 Å². The molecule has 0 aromatic heterocycles. The van der Waals surface area contributed by atoms with E-state index in [1.54, 1.807) is 0 Å². The minimum Gasteiger partial charge on any atom is -0.356 e. The van der Waals surface area contributed by atoms with Crippen LogP contribution in [0.5, 0.6) is 0 Å². The van der Waals surface area contributed by atoms with Crippen molar-refractivity contribution < 1.29 is 4.79 Å². The number of nitrogens with one attached hydrogen (secondary N) is 1. The molecule has 1 saturated heterocycles. The van der Waals surface area contributed by atoms with E-state index in [9.17, 15) is 4.79 Å². The monoisotopic (exact) mass is 321 g/mol. The van der Waals surface area contributed by atoms with Gasteiger partial charge >= 0.3 is 0 Å². The molecule has 23 heavy (non-hydrogen) atoms. The Labute approximate surface area is 142 Å². The van der Waals surface area contributed by atoms with Gasteiger partial charge in [-0.3, -0.25) is 4.79 Å². The summed E-state index contributed by atoms with van der Waals surface area (Å²) in [5.41, 5.74) is 1.42. The van der Waals surface area contributed by atoms with E-state index in [0.29, 0.717) is 11.8 Å². The van der Waals surface area contributed by atoms with Gasteiger partial charge in [-0.25, -0.2) is 0 Å². The van der Waals surface area contributed by atoms with Crippen molar-refractivity contribution in [2.24, 2.45) is 23.2 Å². The fraction of sp³-hybridized carbons (Fsp3) is 0.842. The number of amides is 1. The first kappa shape index (κ1) is 18.5. The van der Waals surface area contributed by atoms with Crippen LogP contribution in [0.1, 0.15) is 34.6 Å². The van der Waals surface area contributed by atoms with Crippen LogP contribution >= 0.6 is 0 Å². The van der Waals surface area contributed by atoms with E-state index in [1.165, 1.54) is 5.57 Å². The maximum absolute atomic E-state index is 12.5. The minimum absolute atomic E-state index is 0.113. The van der Waals surface area contributed by atoms with Crippen molar-refractivity contribution in [3.05, 3.63) is 11.6 Å². The third-order valence-corrected chi connectivity index (χ3v) is 5.50. The van der Waals surface area contributed by atoms with Gasteiger partial charge in [0.15, 0.2) is 0 Å². The summed E-state index contributed by atoms with van der Waals surface area (Å²) in [6, 6.07) is 0. The fourth-order valence-electron chi connectivity index (χ4n) is 3.77. The first-order valence-electron chi connectivity index (χ1n) is 9.05. The molecule has 3 unspecified atom stereocenters. The fourth-order valence-corrected chi connectivity index (χ4v) is 3.77. The van der Waals surface area contributed by atoms with Crippen molar-refractivity contribution in [3.63, 3.8) is 0 Å². The van der Waals surface area contributed by atoms with Crippen molar-refractivity contribution in [3.8, 4) is 0 Å². The highest BCUT2D eigenvalue weighted by molar-refractivity contribution is 5.83. The summed E-state index contributed by atoms with van der Waals surface area (Å²) in [5.74, 6) is 1.29. The zero-order valence-corrected chi connectivity index (χ0v) is 15.9. The molecule has 4 heteroatoms. The van der Waals surface area contributed by atoms with Crippen LogP contribution < -0.4 is 5.32 Å². The summed E-state index contributed by atoms with van der Waals surface area (Å²) < 4.78 is 0. The van der Waals surface area contributed by atoms with Crippen LogP contribution in [-0.4, -0.2) is 62.0 Å². The molecule has 0 bridgehead atoms. The van der Waals surface area contributed by atoms with E-state index in [0.717, 1.165) is 39.3 Å². The van der Waals surface area contributed by atoms with Crippen LogP contribution in [0.2, 0.25) is 0 Å². The molecule has 2 rings (SSSR count). The van der Waals surface area contributed by atoms with E-state index in [-0.39, 0.29) is 17.2 Å². The van der Waals surface area contributed by atoms with Gasteiger partial charge in [-0.05, 0) is 38.1 Å². The largest absolute Gasteiger partial charge is 0.356 e. The highest BCUT2D eigenvalue weighted by Crippen LogP contribution is 2.59. The zero-order valence-electron chi connectivity index (χ0n) is 15.9. The van der Waals surface area contributed by atoms with Gasteiger partial charge < -0.3 is 15.1 Å². The quantitative estimate of drug-likeness (QED) is 0.762. The van der Waals surface area contributed by atoms with Gasteiger partial charge in [0.1, 0.15) is 0 Å². The molecular formula is C19H35N3O. The summed E-state index contributed by atoms with van der Waals surface area (Å²) in [4.78, 5) is 17.4. The second kappa shape index (κ2) is 7.35. The van der Waals surface area contributed by atoms with Gasteiger partial charge in [0.2, 0.25) is 5.91 Å². The van der Waals surface area contributed by atoms with E-state index >= 15 is 0 Å². The van der Waals surface area contributed by atoms with Crippen molar-refractivity contribution in [1.82, 2.24) is 15.1 Å². The predicted molar refractivity (Wildman–Crippen MR) is 96.3 cm³/mol. The Morgan fingerprint density at radius 2 is 1.87 bits per heavy atom. The van der Waals surface area contributed by atoms with Crippen molar-refractivity contribution in [1.29, 1.82) is 0 Å². The SMILES string of the molecule is CC(C)=CC1C(C(=O)NCC(C)CN2CCN(C)CC2)C1(C)C. The van der Waals surface area contributed by atoms with Crippen LogP contribution in [0.3, 0.4) is 0 Å². The topological polar surface area (TPSA) is 35.6 Å². The molecular weight excluding hydrogens is 286 g/mol. The van der Waals surface area contributed by atoms with Gasteiger partial charge in [-0.1, -0.05) is 32.4 Å². The lowest BCUT2D eigenvalue weighted by atomic mass is 10.1. The van der Waals surface area contributed by atoms with Crippen molar-refractivity contribution in [2.45, 2.75) is 34.6 Å². The maximum Gasteiger partial charge on any atom is 0.224 e. The van der Waals surface area contributed by atoms with Crippen LogP contribution in [0, 0.1) is 23.2 Å². The average Bonchev–Trinajstić information content (AvgIpc) is 2.99. The van der Waals surface area contributed by atoms with Gasteiger partial charge in [0.25, 0.3) is 0 Å². The summed E-state index contributed by atoms with van der Waals surface area (Å²) in [5, 5.41) is 3.20. The predicted octanol–water partition coefficient (Wildman–Crippen LogP) is 2.22. The highest BCUT2D eigenvalue weighted by atomic mass is 16.2. The molecule has 1 aliphatic heterocycles. The summed E-state index contributed by atoms with van der Waals surface area (Å²) in [6.07, 6.45) is 2.26. The molecule has 1 heterocycles. The lowest BCUT2D eigenvalue weighted by molar-refractivity contribution is -0.123. The van der Waals surface area contributed by atoms with Crippen molar-refractivity contribution >= 4 is 5.91 Å². The summed E-state index contributed by atoms with van der Waals surface area (Å²) in [7, 11) is 2.18. The molecule has 0 aromatic carbocycles. The number of hydrogen-bond acceptors (Lipinski definition) is 3. The number of nitrogens with zero attached hydrogens (tertiary/aromatic N) is 2. The Balaban J connectivity index is 1.73. The van der Waals surface area contributed by atoms with E-state index in [4.69, 9.17) is 0 Å². The number of rotatable bonds is 6. The lowest BCUT2D eigenvalue weighted by Gasteiger charge is -2.34. The van der Waals surface area contributed by atoms with Gasteiger partial charge in [0.05, 0.1) is 5.92 Å². The lowest BCUT2D eigenvalue weighted by Crippen LogP contribution is -2.47. The Hall–Kier alpha value is -0.870. The molecule has 2 aliphatic rings. The standard InChI is InChI=1S/C19H35N3O/c1-14(2)11-16-17(19(16,4)5)18(23)20-12-15(3)13-22-9-7-21(6)8-10-22/h11,15-17H,7-10,12-13H2,1-6H3,(H,20,23). The molecule has 4 nitrogen and oxygen atoms in total. The van der Waals surface area contributed by atoms with Crippen LogP contribution in [0.25, 0.3) is 0 Å². The van der Waals surface area contributed by atoms with E-state index in [2.05, 4.69) is 62.9 Å². The number of carbonyl (C=O) groups is 1. The van der Waals surface area contributed by atoms with E-state index < -0.39 is 0 Å². The summed E-state index contributed by atoms with van der Waals surface area (Å²) in [6.45, 7) is 17.3. The molecule has 3 atom stereocenters. The normalized spacial score (nSPS) is 29.0. The van der Waals surface area contributed by atoms with Gasteiger partial charge in [0, 0.05) is 39.3 Å². The van der Waals surface area contributed by atoms with E-state index in [1.807, 2.05) is 0 Å². The molecule has 0 spiro atoms. The molecule has 0 aromatic rings. The van der Waals surface area contributed by atoms with Crippen LogP contribution in [-0.2, 0) is 4.79 Å². The van der Waals surface area contributed by atoms with Crippen molar-refractivity contribution in [2.75, 3.05) is 46.3 Å². The number of likely N-dealkylation sites (N-methyl/N-ethyl adjacent to an activating group) is 1. The molecule has 1 aliphatic carbocycles. The molecule has 0 radical (unpaired) electrons. The average molecular weight is 322 g/mol. The first-order chi connectivity index (χ1) is 10.7. The Kier molecular flexibility index (Phi) is 5.90. The molecule has 1 N–H and O–H groups in total.